The molecule has 0 heterocycles. The van der Waals surface area contributed by atoms with Crippen molar-refractivity contribution in [3.63, 3.8) is 0 Å². The number of ketones is 1. The number of phenols is 2. The summed E-state index contributed by atoms with van der Waals surface area (Å²) >= 11 is 0. The minimum atomic E-state index is -1.13. The van der Waals surface area contributed by atoms with Gasteiger partial charge in [-0.25, -0.2) is 4.79 Å². The summed E-state index contributed by atoms with van der Waals surface area (Å²) in [6, 6.07) is 9.52. The quantitative estimate of drug-likeness (QED) is 0.304. The smallest absolute Gasteiger partial charge is 0.870 e. The second-order valence-electron chi connectivity index (χ2n) is 8.29. The average Bonchev–Trinajstić information content (AvgIpc) is 2.63. The SMILES string of the molecule is C.CC(=O)/C=C/c1ccc(C(C)(C)O)c(O)c1.CC(C)(O)c1ccc(/C=C/C(=O)O)cc1O.[Li+].[OH-]. The average molecular weight is 482 g/mol. The first-order valence-electron chi connectivity index (χ1n) is 9.82. The zero-order valence-corrected chi connectivity index (χ0v) is 20.3. The van der Waals surface area contributed by atoms with Crippen molar-refractivity contribution in [2.75, 3.05) is 0 Å². The van der Waals surface area contributed by atoms with Crippen molar-refractivity contribution in [3.8, 4) is 11.5 Å². The molecular formula is C26H35LiO8. The van der Waals surface area contributed by atoms with Gasteiger partial charge < -0.3 is 31.0 Å². The van der Waals surface area contributed by atoms with E-state index in [2.05, 4.69) is 0 Å². The van der Waals surface area contributed by atoms with Crippen molar-refractivity contribution in [2.24, 2.45) is 0 Å². The fourth-order valence-electron chi connectivity index (χ4n) is 2.72. The predicted octanol–water partition coefficient (Wildman–Crippen LogP) is 1.40. The first-order valence-corrected chi connectivity index (χ1v) is 9.82. The number of allylic oxidation sites excluding steroid dienone is 1. The maximum absolute atomic E-state index is 10.7. The molecule has 0 aliphatic heterocycles. The Morgan fingerprint density at radius 1 is 0.771 bits per heavy atom. The van der Waals surface area contributed by atoms with Crippen LogP contribution in [0, 0.1) is 0 Å². The molecule has 0 amide bonds. The van der Waals surface area contributed by atoms with Crippen molar-refractivity contribution in [1.82, 2.24) is 0 Å². The van der Waals surface area contributed by atoms with Gasteiger partial charge in [-0.15, -0.1) is 0 Å². The largest absolute Gasteiger partial charge is 1.00 e. The Bertz CT molecular complexity index is 945. The summed E-state index contributed by atoms with van der Waals surface area (Å²) in [5, 5.41) is 47.3. The molecule has 0 aliphatic rings. The zero-order chi connectivity index (χ0) is 24.7. The molecular weight excluding hydrogens is 447 g/mol. The van der Waals surface area contributed by atoms with E-state index in [4.69, 9.17) is 5.11 Å². The number of carbonyl (C=O) groups is 2. The summed E-state index contributed by atoms with van der Waals surface area (Å²) in [5.41, 5.74) is -0.0486. The number of benzene rings is 2. The molecule has 8 nitrogen and oxygen atoms in total. The Morgan fingerprint density at radius 2 is 1.11 bits per heavy atom. The normalized spacial score (nSPS) is 10.9. The van der Waals surface area contributed by atoms with Crippen LogP contribution in [-0.4, -0.2) is 42.8 Å². The number of aromatic hydroxyl groups is 2. The molecule has 0 radical (unpaired) electrons. The van der Waals surface area contributed by atoms with E-state index in [9.17, 15) is 30.0 Å². The predicted molar refractivity (Wildman–Crippen MR) is 132 cm³/mol. The Hall–Kier alpha value is -2.86. The number of aliphatic hydroxyl groups is 2. The summed E-state index contributed by atoms with van der Waals surface area (Å²) in [7, 11) is 0. The molecule has 2 rings (SSSR count). The third kappa shape index (κ3) is 13.0. The van der Waals surface area contributed by atoms with E-state index in [0.717, 1.165) is 11.6 Å². The molecule has 35 heavy (non-hydrogen) atoms. The molecule has 6 N–H and O–H groups in total. The van der Waals surface area contributed by atoms with Crippen LogP contribution in [0.3, 0.4) is 0 Å². The van der Waals surface area contributed by atoms with Gasteiger partial charge in [0, 0.05) is 17.2 Å². The second-order valence-corrected chi connectivity index (χ2v) is 8.29. The van der Waals surface area contributed by atoms with Crippen molar-refractivity contribution < 1.29 is 59.5 Å². The summed E-state index contributed by atoms with van der Waals surface area (Å²) < 4.78 is 0. The Labute approximate surface area is 218 Å². The van der Waals surface area contributed by atoms with E-state index in [-0.39, 0.29) is 49.0 Å². The van der Waals surface area contributed by atoms with Crippen LogP contribution in [0.5, 0.6) is 11.5 Å². The van der Waals surface area contributed by atoms with Gasteiger partial charge in [0.15, 0.2) is 5.78 Å². The number of hydrogen-bond donors (Lipinski definition) is 5. The second kappa shape index (κ2) is 15.2. The molecule has 0 spiro atoms. The summed E-state index contributed by atoms with van der Waals surface area (Å²) in [6.07, 6.45) is 5.41. The van der Waals surface area contributed by atoms with Gasteiger partial charge in [-0.3, -0.25) is 4.79 Å². The van der Waals surface area contributed by atoms with E-state index < -0.39 is 17.2 Å². The summed E-state index contributed by atoms with van der Waals surface area (Å²) in [4.78, 5) is 21.0. The van der Waals surface area contributed by atoms with Crippen LogP contribution in [0.25, 0.3) is 12.2 Å². The van der Waals surface area contributed by atoms with E-state index in [0.29, 0.717) is 16.7 Å². The van der Waals surface area contributed by atoms with E-state index in [1.165, 1.54) is 31.2 Å². The van der Waals surface area contributed by atoms with Crippen molar-refractivity contribution in [1.29, 1.82) is 0 Å². The monoisotopic (exact) mass is 482 g/mol. The van der Waals surface area contributed by atoms with Crippen molar-refractivity contribution >= 4 is 23.9 Å². The standard InChI is InChI=1S/C13H16O3.C12H14O4.CH4.Li.H2O/c1-9(14)4-5-10-6-7-11(12(15)8-10)13(2,3)16;1-12(2,16)9-5-3-8(7-10(9)13)4-6-11(14)15;;;/h4-8,15-16H,1-3H3;3-7,13,16H,1-2H3,(H,14,15);1H4;;1H2/q;;;+1;/p-1/b5-4+;6-4+;;;. The molecule has 0 aliphatic carbocycles. The molecule has 0 atom stereocenters. The third-order valence-electron chi connectivity index (χ3n) is 4.29. The van der Waals surface area contributed by atoms with Gasteiger partial charge in [-0.2, -0.15) is 0 Å². The van der Waals surface area contributed by atoms with Crippen LogP contribution in [-0.2, 0) is 20.8 Å². The number of rotatable bonds is 6. The summed E-state index contributed by atoms with van der Waals surface area (Å²) in [6.45, 7) is 7.80. The van der Waals surface area contributed by atoms with Gasteiger partial charge in [0.2, 0.25) is 0 Å². The van der Waals surface area contributed by atoms with Gasteiger partial charge in [0.25, 0.3) is 0 Å². The number of carbonyl (C=O) groups excluding carboxylic acids is 1. The van der Waals surface area contributed by atoms with Gasteiger partial charge in [-0.05, 0) is 70.0 Å². The van der Waals surface area contributed by atoms with Crippen LogP contribution in [0.15, 0.2) is 48.6 Å². The molecule has 2 aromatic rings. The fourth-order valence-corrected chi connectivity index (χ4v) is 2.72. The van der Waals surface area contributed by atoms with Crippen LogP contribution in [0.4, 0.5) is 0 Å². The van der Waals surface area contributed by atoms with E-state index in [1.807, 2.05) is 0 Å². The molecule has 9 heteroatoms. The van der Waals surface area contributed by atoms with Gasteiger partial charge in [0.05, 0.1) is 11.2 Å². The molecule has 0 bridgehead atoms. The summed E-state index contributed by atoms with van der Waals surface area (Å²) in [5.74, 6) is -1.13. The number of carboxylic acids is 1. The van der Waals surface area contributed by atoms with E-state index >= 15 is 0 Å². The molecule has 2 aromatic carbocycles. The third-order valence-corrected chi connectivity index (χ3v) is 4.29. The van der Waals surface area contributed by atoms with Gasteiger partial charge in [-0.1, -0.05) is 37.8 Å². The molecule has 188 valence electrons. The fraction of sp³-hybridized carbons (Fsp3) is 0.308. The van der Waals surface area contributed by atoms with Crippen LogP contribution < -0.4 is 18.9 Å². The maximum Gasteiger partial charge on any atom is 1.00 e. The Balaban J connectivity index is -0.000000539. The van der Waals surface area contributed by atoms with Crippen LogP contribution in [0.1, 0.15) is 64.3 Å². The Morgan fingerprint density at radius 3 is 1.37 bits per heavy atom. The molecule has 0 aromatic heterocycles. The van der Waals surface area contributed by atoms with Crippen molar-refractivity contribution in [2.45, 2.75) is 53.2 Å². The first-order chi connectivity index (χ1) is 14.6. The van der Waals surface area contributed by atoms with Crippen LogP contribution in [0.2, 0.25) is 0 Å². The molecule has 0 saturated carbocycles. The zero-order valence-electron chi connectivity index (χ0n) is 20.3. The number of hydrogen-bond acceptors (Lipinski definition) is 7. The Kier molecular flexibility index (Phi) is 15.9. The minimum Gasteiger partial charge on any atom is -0.870 e. The van der Waals surface area contributed by atoms with Gasteiger partial charge in [0.1, 0.15) is 11.5 Å². The molecule has 0 fully saturated rings. The van der Waals surface area contributed by atoms with Crippen molar-refractivity contribution in [3.05, 3.63) is 70.8 Å². The number of phenolic OH excluding ortho intramolecular Hbond substituents is 2. The van der Waals surface area contributed by atoms with E-state index in [1.54, 1.807) is 58.0 Å². The minimum absolute atomic E-state index is 0. The molecule has 0 saturated heterocycles. The maximum atomic E-state index is 10.7. The number of carboxylic acid groups (broad SMARTS) is 1. The van der Waals surface area contributed by atoms with Gasteiger partial charge >= 0.3 is 24.8 Å². The molecule has 0 unspecified atom stereocenters. The first kappa shape index (κ1) is 36.7. The van der Waals surface area contributed by atoms with Crippen LogP contribution >= 0.6 is 0 Å². The topological polar surface area (TPSA) is 165 Å². The number of aliphatic carboxylic acids is 1.